The Morgan fingerprint density at radius 1 is 1.18 bits per heavy atom. The molecule has 0 saturated heterocycles. The maximum Gasteiger partial charge on any atom is 0.316 e. The number of benzene rings is 1. The molecule has 2 N–H and O–H groups in total. The van der Waals surface area contributed by atoms with Crippen molar-refractivity contribution >= 4 is 28.3 Å². The summed E-state index contributed by atoms with van der Waals surface area (Å²) in [5.74, 6) is -0.183. The van der Waals surface area contributed by atoms with Crippen LogP contribution in [0.1, 0.15) is 9.67 Å². The number of aromatic amines is 1. The van der Waals surface area contributed by atoms with Gasteiger partial charge in [0.05, 0.1) is 15.9 Å². The minimum absolute atomic E-state index is 0.183. The first-order valence-electron chi connectivity index (χ1n) is 6.70. The molecule has 3 rings (SSSR count). The Bertz CT molecular complexity index is 925. The van der Waals surface area contributed by atoms with E-state index < -0.39 is 11.1 Å². The van der Waals surface area contributed by atoms with Gasteiger partial charge in [0, 0.05) is 13.1 Å². The highest BCUT2D eigenvalue weighted by molar-refractivity contribution is 7.12. The number of fused-ring (bicyclic) bond motifs is 1. The molecular formula is C15H13N3O3S. The van der Waals surface area contributed by atoms with Gasteiger partial charge < -0.3 is 14.9 Å². The third kappa shape index (κ3) is 2.71. The molecule has 0 unspecified atom stereocenters. The fourth-order valence-electron chi connectivity index (χ4n) is 2.22. The van der Waals surface area contributed by atoms with Crippen molar-refractivity contribution in [3.63, 3.8) is 0 Å². The molecule has 2 heterocycles. The first-order valence-corrected chi connectivity index (χ1v) is 7.58. The average Bonchev–Trinajstić information content (AvgIpc) is 3.05. The molecule has 1 aromatic carbocycles. The largest absolute Gasteiger partial charge is 0.350 e. The number of thiophene rings is 1. The van der Waals surface area contributed by atoms with Crippen LogP contribution in [-0.2, 0) is 6.54 Å². The number of hydrogen-bond acceptors (Lipinski definition) is 4. The molecule has 22 heavy (non-hydrogen) atoms. The fourth-order valence-corrected chi connectivity index (χ4v) is 2.86. The van der Waals surface area contributed by atoms with Gasteiger partial charge in [0.25, 0.3) is 5.91 Å². The summed E-state index contributed by atoms with van der Waals surface area (Å²) in [6.07, 6.45) is 0. The average molecular weight is 315 g/mol. The number of carbonyl (C=O) groups excluding carboxylic acids is 1. The van der Waals surface area contributed by atoms with Crippen LogP contribution >= 0.6 is 11.3 Å². The monoisotopic (exact) mass is 315 g/mol. The van der Waals surface area contributed by atoms with Crippen molar-refractivity contribution in [2.75, 3.05) is 6.54 Å². The van der Waals surface area contributed by atoms with Crippen molar-refractivity contribution in [1.29, 1.82) is 0 Å². The van der Waals surface area contributed by atoms with E-state index in [0.717, 1.165) is 0 Å². The third-order valence-corrected chi connectivity index (χ3v) is 4.12. The number of hydrogen-bond donors (Lipinski definition) is 2. The van der Waals surface area contributed by atoms with E-state index in [1.54, 1.807) is 36.4 Å². The van der Waals surface area contributed by atoms with Crippen LogP contribution < -0.4 is 16.4 Å². The van der Waals surface area contributed by atoms with Gasteiger partial charge in [0.15, 0.2) is 0 Å². The predicted octanol–water partition coefficient (Wildman–Crippen LogP) is 1.18. The van der Waals surface area contributed by atoms with E-state index in [9.17, 15) is 14.4 Å². The third-order valence-electron chi connectivity index (χ3n) is 3.25. The van der Waals surface area contributed by atoms with Crippen LogP contribution in [0.4, 0.5) is 0 Å². The van der Waals surface area contributed by atoms with Crippen LogP contribution in [0.2, 0.25) is 0 Å². The van der Waals surface area contributed by atoms with Gasteiger partial charge in [-0.15, -0.1) is 11.3 Å². The lowest BCUT2D eigenvalue weighted by Gasteiger charge is -2.10. The van der Waals surface area contributed by atoms with E-state index in [-0.39, 0.29) is 19.0 Å². The summed E-state index contributed by atoms with van der Waals surface area (Å²) in [5.41, 5.74) is -0.0542. The summed E-state index contributed by atoms with van der Waals surface area (Å²) < 4.78 is 1.38. The zero-order chi connectivity index (χ0) is 15.5. The van der Waals surface area contributed by atoms with E-state index in [4.69, 9.17) is 0 Å². The topological polar surface area (TPSA) is 84.0 Å². The summed E-state index contributed by atoms with van der Waals surface area (Å²) >= 11 is 1.35. The second-order valence-electron chi connectivity index (χ2n) is 4.66. The van der Waals surface area contributed by atoms with Crippen LogP contribution in [0.3, 0.4) is 0 Å². The molecule has 0 aliphatic heterocycles. The number of rotatable bonds is 4. The highest BCUT2D eigenvalue weighted by Gasteiger charge is 2.09. The second kappa shape index (κ2) is 5.98. The molecule has 0 saturated carbocycles. The molecule has 0 spiro atoms. The maximum atomic E-state index is 12.0. The zero-order valence-electron chi connectivity index (χ0n) is 11.5. The minimum Gasteiger partial charge on any atom is -0.350 e. The molecule has 1 amide bonds. The van der Waals surface area contributed by atoms with Crippen molar-refractivity contribution in [3.05, 3.63) is 67.4 Å². The van der Waals surface area contributed by atoms with Crippen LogP contribution in [0.25, 0.3) is 11.0 Å². The number of H-pyrrole nitrogens is 1. The molecule has 0 aliphatic carbocycles. The number of carbonyl (C=O) groups is 1. The standard InChI is InChI=1S/C15H13N3O3S/c19-13(12-6-3-9-22-12)16-7-8-18-11-5-2-1-4-10(11)17-14(20)15(18)21/h1-6,9H,7-8H2,(H,16,19)(H,17,20). The van der Waals surface area contributed by atoms with Crippen molar-refractivity contribution in [1.82, 2.24) is 14.9 Å². The van der Waals surface area contributed by atoms with E-state index in [2.05, 4.69) is 10.3 Å². The van der Waals surface area contributed by atoms with E-state index in [1.807, 2.05) is 5.38 Å². The number of nitrogens with one attached hydrogen (secondary N) is 2. The Labute approximate surface area is 129 Å². The number of aromatic nitrogens is 2. The summed E-state index contributed by atoms with van der Waals surface area (Å²) in [6.45, 7) is 0.504. The number of amides is 1. The Hall–Kier alpha value is -2.67. The molecule has 6 nitrogen and oxygen atoms in total. The van der Waals surface area contributed by atoms with Gasteiger partial charge in [-0.25, -0.2) is 0 Å². The van der Waals surface area contributed by atoms with Gasteiger partial charge >= 0.3 is 11.1 Å². The van der Waals surface area contributed by atoms with Crippen molar-refractivity contribution in [3.8, 4) is 0 Å². The van der Waals surface area contributed by atoms with Crippen LogP contribution in [0.15, 0.2) is 51.4 Å². The maximum absolute atomic E-state index is 12.0. The van der Waals surface area contributed by atoms with Gasteiger partial charge in [-0.05, 0) is 23.6 Å². The molecule has 0 fully saturated rings. The van der Waals surface area contributed by atoms with Crippen LogP contribution in [0.5, 0.6) is 0 Å². The quantitative estimate of drug-likeness (QED) is 0.709. The normalized spacial score (nSPS) is 10.7. The summed E-state index contributed by atoms with van der Waals surface area (Å²) in [5, 5.41) is 4.57. The van der Waals surface area contributed by atoms with Crippen molar-refractivity contribution in [2.24, 2.45) is 0 Å². The molecule has 7 heteroatoms. The lowest BCUT2D eigenvalue weighted by Crippen LogP contribution is -2.39. The van der Waals surface area contributed by atoms with Crippen LogP contribution in [-0.4, -0.2) is 22.0 Å². The lowest BCUT2D eigenvalue weighted by atomic mass is 10.3. The van der Waals surface area contributed by atoms with Gasteiger partial charge in [0.1, 0.15) is 0 Å². The number of nitrogens with zero attached hydrogens (tertiary/aromatic N) is 1. The smallest absolute Gasteiger partial charge is 0.316 e. The number of para-hydroxylation sites is 2. The molecule has 0 radical (unpaired) electrons. The van der Waals surface area contributed by atoms with Crippen molar-refractivity contribution < 1.29 is 4.79 Å². The molecule has 2 aromatic heterocycles. The molecular weight excluding hydrogens is 302 g/mol. The summed E-state index contributed by atoms with van der Waals surface area (Å²) in [6, 6.07) is 10.6. The van der Waals surface area contributed by atoms with Gasteiger partial charge in [-0.3, -0.25) is 14.4 Å². The Morgan fingerprint density at radius 2 is 2.00 bits per heavy atom. The first kappa shape index (κ1) is 14.3. The Balaban J connectivity index is 1.82. The molecule has 0 bridgehead atoms. The minimum atomic E-state index is -0.664. The predicted molar refractivity (Wildman–Crippen MR) is 85.5 cm³/mol. The van der Waals surface area contributed by atoms with Gasteiger partial charge in [-0.2, -0.15) is 0 Å². The molecule has 0 aliphatic rings. The van der Waals surface area contributed by atoms with Crippen molar-refractivity contribution in [2.45, 2.75) is 6.54 Å². The Kier molecular flexibility index (Phi) is 3.88. The highest BCUT2D eigenvalue weighted by atomic mass is 32.1. The zero-order valence-corrected chi connectivity index (χ0v) is 12.4. The van der Waals surface area contributed by atoms with Gasteiger partial charge in [-0.1, -0.05) is 18.2 Å². The Morgan fingerprint density at radius 3 is 2.77 bits per heavy atom. The summed E-state index contributed by atoms with van der Waals surface area (Å²) in [7, 11) is 0. The molecule has 112 valence electrons. The molecule has 0 atom stereocenters. The second-order valence-corrected chi connectivity index (χ2v) is 5.61. The first-order chi connectivity index (χ1) is 10.7. The summed E-state index contributed by atoms with van der Waals surface area (Å²) in [4.78, 5) is 38.7. The fraction of sp³-hybridized carbons (Fsp3) is 0.133. The van der Waals surface area contributed by atoms with E-state index in [1.165, 1.54) is 15.9 Å². The van der Waals surface area contributed by atoms with Gasteiger partial charge in [0.2, 0.25) is 0 Å². The molecule has 3 aromatic rings. The van der Waals surface area contributed by atoms with Crippen LogP contribution in [0, 0.1) is 0 Å². The van der Waals surface area contributed by atoms with E-state index in [0.29, 0.717) is 15.9 Å². The highest BCUT2D eigenvalue weighted by Crippen LogP contribution is 2.08. The lowest BCUT2D eigenvalue weighted by molar-refractivity contribution is 0.0956. The SMILES string of the molecule is O=C(NCCn1c(=O)c(=O)[nH]c2ccccc21)c1cccs1. The van der Waals surface area contributed by atoms with E-state index >= 15 is 0 Å².